The van der Waals surface area contributed by atoms with E-state index >= 15 is 0 Å². The number of pyridine rings is 2. The summed E-state index contributed by atoms with van der Waals surface area (Å²) in [5, 5.41) is 10.4. The van der Waals surface area contributed by atoms with Gasteiger partial charge in [-0.1, -0.05) is 0 Å². The Balaban J connectivity index is 1.83. The highest BCUT2D eigenvalue weighted by molar-refractivity contribution is 7.91. The zero-order valence-electron chi connectivity index (χ0n) is 14.9. The lowest BCUT2D eigenvalue weighted by Gasteiger charge is -2.23. The van der Waals surface area contributed by atoms with E-state index in [1.165, 1.54) is 0 Å². The number of sulfone groups is 1. The average Bonchev–Trinajstić information content (AvgIpc) is 3.00. The van der Waals surface area contributed by atoms with Gasteiger partial charge in [-0.15, -0.1) is 0 Å². The average molecular weight is 378 g/mol. The maximum atomic E-state index is 12.3. The van der Waals surface area contributed by atoms with E-state index in [0.29, 0.717) is 23.4 Å². The van der Waals surface area contributed by atoms with Crippen molar-refractivity contribution >= 4 is 26.4 Å². The summed E-state index contributed by atoms with van der Waals surface area (Å²) in [4.78, 5) is 10.8. The van der Waals surface area contributed by atoms with E-state index in [-0.39, 0.29) is 5.75 Å². The van der Waals surface area contributed by atoms with Crippen molar-refractivity contribution in [3.8, 4) is 6.07 Å². The van der Waals surface area contributed by atoms with Gasteiger partial charge in [-0.2, -0.15) is 5.26 Å². The van der Waals surface area contributed by atoms with Crippen molar-refractivity contribution in [3.63, 3.8) is 0 Å². The summed E-state index contributed by atoms with van der Waals surface area (Å²) in [5.41, 5.74) is 3.86. The van der Waals surface area contributed by atoms with Crippen LogP contribution in [-0.4, -0.2) is 37.7 Å². The van der Waals surface area contributed by atoms with Crippen molar-refractivity contribution in [2.24, 2.45) is 0 Å². The molecule has 2 aromatic heterocycles. The van der Waals surface area contributed by atoms with E-state index in [2.05, 4.69) is 16.0 Å². The van der Waals surface area contributed by atoms with Crippen LogP contribution >= 0.6 is 0 Å². The second-order valence-electron chi connectivity index (χ2n) is 6.66. The van der Waals surface area contributed by atoms with Crippen LogP contribution in [0.15, 0.2) is 47.8 Å². The van der Waals surface area contributed by atoms with E-state index in [1.54, 1.807) is 30.7 Å². The van der Waals surface area contributed by atoms with Gasteiger partial charge >= 0.3 is 0 Å². The molecule has 6 nitrogen and oxygen atoms in total. The molecule has 4 rings (SSSR count). The first-order valence-corrected chi connectivity index (χ1v) is 10.3. The Bertz CT molecular complexity index is 1170. The number of hydrogen-bond donors (Lipinski definition) is 0. The van der Waals surface area contributed by atoms with Crippen molar-refractivity contribution in [1.82, 2.24) is 9.97 Å². The van der Waals surface area contributed by atoms with Crippen LogP contribution in [0.1, 0.15) is 16.7 Å². The van der Waals surface area contributed by atoms with E-state index in [9.17, 15) is 13.7 Å². The Morgan fingerprint density at radius 2 is 2.00 bits per heavy atom. The van der Waals surface area contributed by atoms with Crippen molar-refractivity contribution in [2.75, 3.05) is 24.2 Å². The summed E-state index contributed by atoms with van der Waals surface area (Å²) in [7, 11) is -1.32. The van der Waals surface area contributed by atoms with Crippen molar-refractivity contribution < 1.29 is 8.42 Å². The summed E-state index contributed by atoms with van der Waals surface area (Å²) in [6.45, 7) is 0.689. The molecule has 0 saturated heterocycles. The molecule has 0 atom stereocenters. The summed E-state index contributed by atoms with van der Waals surface area (Å²) in [6, 6.07) is 9.52. The lowest BCUT2D eigenvalue weighted by molar-refractivity contribution is 0.600. The normalized spacial score (nSPS) is 14.7. The zero-order chi connectivity index (χ0) is 19.0. The van der Waals surface area contributed by atoms with Crippen LogP contribution in [0.25, 0.3) is 10.9 Å². The highest BCUT2D eigenvalue weighted by Gasteiger charge is 2.30. The first-order chi connectivity index (χ1) is 13.0. The number of likely N-dealkylation sites (N-methyl/N-ethyl adjacent to an activating group) is 1. The molecule has 0 unspecified atom stereocenters. The number of nitrogens with zero attached hydrogens (tertiary/aromatic N) is 4. The standard InChI is InChI=1S/C20H18N4O2S/c1-24(10-6-14-4-8-22-9-5-14)20-15(12-21)13-23-17-2-3-18-16(19(17)20)7-11-27(18,25)26/h2-5,8-9,13H,6-7,10-11H2,1H3. The third-order valence-electron chi connectivity index (χ3n) is 5.02. The Hall–Kier alpha value is -2.98. The van der Waals surface area contributed by atoms with E-state index < -0.39 is 9.84 Å². The summed E-state index contributed by atoms with van der Waals surface area (Å²) < 4.78 is 24.7. The fraction of sp³-hybridized carbons (Fsp3) is 0.250. The monoisotopic (exact) mass is 378 g/mol. The quantitative estimate of drug-likeness (QED) is 0.693. The van der Waals surface area contributed by atoms with E-state index in [4.69, 9.17) is 0 Å². The number of aryl methyl sites for hydroxylation is 1. The van der Waals surface area contributed by atoms with Crippen molar-refractivity contribution in [1.29, 1.82) is 5.26 Å². The van der Waals surface area contributed by atoms with Crippen molar-refractivity contribution in [3.05, 3.63) is 59.5 Å². The first-order valence-electron chi connectivity index (χ1n) is 8.69. The number of fused-ring (bicyclic) bond motifs is 3. The fourth-order valence-electron chi connectivity index (χ4n) is 3.64. The molecule has 3 aromatic rings. The number of benzene rings is 1. The maximum Gasteiger partial charge on any atom is 0.179 e. The summed E-state index contributed by atoms with van der Waals surface area (Å²) in [6.07, 6.45) is 6.33. The Morgan fingerprint density at radius 3 is 2.74 bits per heavy atom. The van der Waals surface area contributed by atoms with Crippen molar-refractivity contribution in [2.45, 2.75) is 17.7 Å². The molecule has 0 saturated carbocycles. The number of hydrogen-bond acceptors (Lipinski definition) is 6. The number of aromatic nitrogens is 2. The zero-order valence-corrected chi connectivity index (χ0v) is 15.7. The minimum atomic E-state index is -3.25. The van der Waals surface area contributed by atoms with Gasteiger partial charge in [0.05, 0.1) is 27.4 Å². The molecule has 0 spiro atoms. The predicted molar refractivity (Wildman–Crippen MR) is 103 cm³/mol. The molecular weight excluding hydrogens is 360 g/mol. The second-order valence-corrected chi connectivity index (χ2v) is 8.74. The van der Waals surface area contributed by atoms with Gasteiger partial charge in [-0.05, 0) is 48.2 Å². The van der Waals surface area contributed by atoms with Crippen LogP contribution in [0.2, 0.25) is 0 Å². The molecule has 136 valence electrons. The molecule has 3 heterocycles. The molecule has 1 aliphatic heterocycles. The van der Waals surface area contributed by atoms with Gasteiger partial charge in [-0.25, -0.2) is 8.42 Å². The molecular formula is C20H18N4O2S. The van der Waals surface area contributed by atoms with Gasteiger partial charge in [0, 0.05) is 37.6 Å². The maximum absolute atomic E-state index is 12.3. The molecule has 0 radical (unpaired) electrons. The third-order valence-corrected chi connectivity index (χ3v) is 6.81. The molecule has 0 aliphatic carbocycles. The smallest absolute Gasteiger partial charge is 0.179 e. The topological polar surface area (TPSA) is 86.9 Å². The molecule has 0 amide bonds. The van der Waals surface area contributed by atoms with Gasteiger partial charge in [0.1, 0.15) is 6.07 Å². The van der Waals surface area contributed by atoms with Gasteiger partial charge in [0.15, 0.2) is 9.84 Å². The number of anilines is 1. The van der Waals surface area contributed by atoms with Gasteiger partial charge < -0.3 is 4.90 Å². The lowest BCUT2D eigenvalue weighted by atomic mass is 10.0. The van der Waals surface area contributed by atoms with Crippen LogP contribution in [0.3, 0.4) is 0 Å². The van der Waals surface area contributed by atoms with Crippen LogP contribution < -0.4 is 4.90 Å². The van der Waals surface area contributed by atoms with E-state index in [1.807, 2.05) is 24.1 Å². The fourth-order valence-corrected chi connectivity index (χ4v) is 5.19. The molecule has 1 aromatic carbocycles. The van der Waals surface area contributed by atoms with Crippen LogP contribution in [0.4, 0.5) is 5.69 Å². The summed E-state index contributed by atoms with van der Waals surface area (Å²) >= 11 is 0. The molecule has 0 fully saturated rings. The Morgan fingerprint density at radius 1 is 1.22 bits per heavy atom. The van der Waals surface area contributed by atoms with Crippen LogP contribution in [0.5, 0.6) is 0 Å². The predicted octanol–water partition coefficient (Wildman–Crippen LogP) is 2.51. The Labute approximate surface area is 158 Å². The highest BCUT2D eigenvalue weighted by Crippen LogP contribution is 2.38. The lowest BCUT2D eigenvalue weighted by Crippen LogP contribution is -2.22. The largest absolute Gasteiger partial charge is 0.373 e. The Kier molecular flexibility index (Phi) is 4.28. The number of nitriles is 1. The van der Waals surface area contributed by atoms with Gasteiger partial charge in [0.25, 0.3) is 0 Å². The van der Waals surface area contributed by atoms with Gasteiger partial charge in [-0.3, -0.25) is 9.97 Å². The molecule has 7 heteroatoms. The van der Waals surface area contributed by atoms with Crippen LogP contribution in [-0.2, 0) is 22.7 Å². The SMILES string of the molecule is CN(CCc1ccncc1)c1c(C#N)cnc2ccc3c(c12)CCS3(=O)=O. The minimum absolute atomic E-state index is 0.110. The molecule has 1 aliphatic rings. The molecule has 0 N–H and O–H groups in total. The highest BCUT2D eigenvalue weighted by atomic mass is 32.2. The molecule has 0 bridgehead atoms. The van der Waals surface area contributed by atoms with E-state index in [0.717, 1.165) is 34.1 Å². The number of rotatable bonds is 4. The molecule has 27 heavy (non-hydrogen) atoms. The van der Waals surface area contributed by atoms with Gasteiger partial charge in [0.2, 0.25) is 0 Å². The minimum Gasteiger partial charge on any atom is -0.373 e. The van der Waals surface area contributed by atoms with Crippen LogP contribution in [0, 0.1) is 11.3 Å². The third kappa shape index (κ3) is 3.02. The second kappa shape index (κ2) is 6.63. The summed E-state index contributed by atoms with van der Waals surface area (Å²) in [5.74, 6) is 0.110. The first kappa shape index (κ1) is 17.4.